The van der Waals surface area contributed by atoms with Crippen molar-refractivity contribution in [2.75, 3.05) is 18.6 Å². The fourth-order valence-corrected chi connectivity index (χ4v) is 1.18. The van der Waals surface area contributed by atoms with Crippen LogP contribution in [0.2, 0.25) is 0 Å². The van der Waals surface area contributed by atoms with E-state index < -0.39 is 6.03 Å². The Balaban J connectivity index is 2.87. The molecule has 0 aliphatic rings. The van der Waals surface area contributed by atoms with Gasteiger partial charge in [0.05, 0.1) is 0 Å². The molecule has 1 aromatic carbocycles. The average molecular weight is 194 g/mol. The second-order valence-corrected chi connectivity index (χ2v) is 3.04. The third-order valence-corrected chi connectivity index (χ3v) is 2.03. The van der Waals surface area contributed by atoms with E-state index in [-0.39, 0.29) is 6.61 Å². The summed E-state index contributed by atoms with van der Waals surface area (Å²) in [7, 11) is 1.61. The monoisotopic (exact) mass is 194 g/mol. The van der Waals surface area contributed by atoms with Crippen molar-refractivity contribution in [2.45, 2.75) is 6.42 Å². The van der Waals surface area contributed by atoms with Crippen LogP contribution in [-0.4, -0.2) is 24.8 Å². The molecule has 0 saturated carbocycles. The Hall–Kier alpha value is -1.55. The van der Waals surface area contributed by atoms with Crippen LogP contribution in [0.4, 0.5) is 10.5 Å². The molecule has 0 spiro atoms. The summed E-state index contributed by atoms with van der Waals surface area (Å²) < 4.78 is 0. The topological polar surface area (TPSA) is 66.6 Å². The number of rotatable bonds is 3. The number of aliphatic hydroxyl groups excluding tert-OH is 1. The number of anilines is 1. The van der Waals surface area contributed by atoms with E-state index in [1.54, 1.807) is 13.1 Å². The highest BCUT2D eigenvalue weighted by atomic mass is 16.3. The zero-order valence-electron chi connectivity index (χ0n) is 8.10. The van der Waals surface area contributed by atoms with Gasteiger partial charge in [-0.3, -0.25) is 4.90 Å². The van der Waals surface area contributed by atoms with E-state index in [1.807, 2.05) is 18.2 Å². The van der Waals surface area contributed by atoms with Gasteiger partial charge in [-0.1, -0.05) is 12.1 Å². The van der Waals surface area contributed by atoms with Crippen LogP contribution in [0, 0.1) is 0 Å². The number of primary amides is 1. The maximum Gasteiger partial charge on any atom is 0.318 e. The van der Waals surface area contributed by atoms with Crippen molar-refractivity contribution >= 4 is 11.7 Å². The Morgan fingerprint density at radius 2 is 2.29 bits per heavy atom. The summed E-state index contributed by atoms with van der Waals surface area (Å²) in [5.41, 5.74) is 6.85. The summed E-state index contributed by atoms with van der Waals surface area (Å²) >= 11 is 0. The molecule has 0 aliphatic carbocycles. The zero-order chi connectivity index (χ0) is 10.6. The van der Waals surface area contributed by atoms with E-state index in [4.69, 9.17) is 10.8 Å². The van der Waals surface area contributed by atoms with Crippen LogP contribution in [0.5, 0.6) is 0 Å². The van der Waals surface area contributed by atoms with Gasteiger partial charge in [0, 0.05) is 19.3 Å². The lowest BCUT2D eigenvalue weighted by atomic mass is 10.1. The van der Waals surface area contributed by atoms with Gasteiger partial charge in [-0.15, -0.1) is 0 Å². The van der Waals surface area contributed by atoms with Gasteiger partial charge < -0.3 is 10.8 Å². The molecular weight excluding hydrogens is 180 g/mol. The number of urea groups is 1. The maximum atomic E-state index is 10.9. The Morgan fingerprint density at radius 3 is 2.86 bits per heavy atom. The Morgan fingerprint density at radius 1 is 1.57 bits per heavy atom. The molecule has 3 N–H and O–H groups in total. The number of nitrogens with zero attached hydrogens (tertiary/aromatic N) is 1. The van der Waals surface area contributed by atoms with Crippen molar-refractivity contribution in [3.8, 4) is 0 Å². The first kappa shape index (κ1) is 10.5. The van der Waals surface area contributed by atoms with Crippen molar-refractivity contribution in [1.82, 2.24) is 0 Å². The van der Waals surface area contributed by atoms with E-state index in [1.165, 1.54) is 4.90 Å². The fourth-order valence-electron chi connectivity index (χ4n) is 1.18. The predicted molar refractivity (Wildman–Crippen MR) is 55.2 cm³/mol. The number of amides is 2. The molecule has 76 valence electrons. The van der Waals surface area contributed by atoms with Gasteiger partial charge in [0.15, 0.2) is 0 Å². The molecule has 0 unspecified atom stereocenters. The first-order valence-electron chi connectivity index (χ1n) is 4.38. The minimum Gasteiger partial charge on any atom is -0.396 e. The van der Waals surface area contributed by atoms with Gasteiger partial charge in [-0.25, -0.2) is 4.79 Å². The number of hydrogen-bond donors (Lipinski definition) is 2. The van der Waals surface area contributed by atoms with Crippen LogP contribution >= 0.6 is 0 Å². The molecular formula is C10H14N2O2. The van der Waals surface area contributed by atoms with E-state index >= 15 is 0 Å². The Bertz CT molecular complexity index is 326. The van der Waals surface area contributed by atoms with Crippen molar-refractivity contribution in [3.63, 3.8) is 0 Å². The Labute approximate surface area is 82.9 Å². The minimum atomic E-state index is -0.494. The molecule has 0 aliphatic heterocycles. The van der Waals surface area contributed by atoms with Crippen LogP contribution in [-0.2, 0) is 6.42 Å². The van der Waals surface area contributed by atoms with Crippen molar-refractivity contribution < 1.29 is 9.90 Å². The van der Waals surface area contributed by atoms with Gasteiger partial charge in [0.1, 0.15) is 0 Å². The lowest BCUT2D eigenvalue weighted by Gasteiger charge is -2.14. The van der Waals surface area contributed by atoms with Gasteiger partial charge in [-0.05, 0) is 24.1 Å². The second kappa shape index (κ2) is 4.62. The molecule has 0 heterocycles. The lowest BCUT2D eigenvalue weighted by Crippen LogP contribution is -2.31. The summed E-state index contributed by atoms with van der Waals surface area (Å²) in [5, 5.41) is 8.75. The normalized spacial score (nSPS) is 9.86. The van der Waals surface area contributed by atoms with Crippen LogP contribution in [0.25, 0.3) is 0 Å². The van der Waals surface area contributed by atoms with Crippen LogP contribution in [0.3, 0.4) is 0 Å². The average Bonchev–Trinajstić information content (AvgIpc) is 2.17. The first-order chi connectivity index (χ1) is 6.65. The van der Waals surface area contributed by atoms with Crippen molar-refractivity contribution in [1.29, 1.82) is 0 Å². The standard InChI is InChI=1S/C10H14N2O2/c1-12(10(11)14)9-4-2-3-8(7-9)5-6-13/h2-4,7,13H,5-6H2,1H3,(H2,11,14). The van der Waals surface area contributed by atoms with Crippen molar-refractivity contribution in [2.24, 2.45) is 5.73 Å². The SMILES string of the molecule is CN(C(N)=O)c1cccc(CCO)c1. The molecule has 2 amide bonds. The van der Waals surface area contributed by atoms with Gasteiger partial charge in [0.2, 0.25) is 0 Å². The van der Waals surface area contributed by atoms with Crippen LogP contribution in [0.15, 0.2) is 24.3 Å². The molecule has 0 bridgehead atoms. The Kier molecular flexibility index (Phi) is 3.48. The molecule has 0 atom stereocenters. The quantitative estimate of drug-likeness (QED) is 0.745. The molecule has 0 saturated heterocycles. The lowest BCUT2D eigenvalue weighted by molar-refractivity contribution is 0.255. The van der Waals surface area contributed by atoms with Crippen LogP contribution < -0.4 is 10.6 Å². The third kappa shape index (κ3) is 2.47. The van der Waals surface area contributed by atoms with Gasteiger partial charge in [-0.2, -0.15) is 0 Å². The molecule has 1 rings (SSSR count). The number of hydrogen-bond acceptors (Lipinski definition) is 2. The molecule has 4 nitrogen and oxygen atoms in total. The highest BCUT2D eigenvalue weighted by molar-refractivity contribution is 5.90. The van der Waals surface area contributed by atoms with E-state index in [2.05, 4.69) is 0 Å². The molecule has 4 heteroatoms. The zero-order valence-corrected chi connectivity index (χ0v) is 8.10. The number of carbonyl (C=O) groups excluding carboxylic acids is 1. The van der Waals surface area contributed by atoms with E-state index in [9.17, 15) is 4.79 Å². The second-order valence-electron chi connectivity index (χ2n) is 3.04. The highest BCUT2D eigenvalue weighted by Gasteiger charge is 2.05. The molecule has 0 radical (unpaired) electrons. The number of carbonyl (C=O) groups is 1. The first-order valence-corrected chi connectivity index (χ1v) is 4.38. The molecule has 0 fully saturated rings. The summed E-state index contributed by atoms with van der Waals surface area (Å²) in [6.07, 6.45) is 0.584. The number of nitrogens with two attached hydrogens (primary N) is 1. The fraction of sp³-hybridized carbons (Fsp3) is 0.300. The molecule has 0 aromatic heterocycles. The largest absolute Gasteiger partial charge is 0.396 e. The number of benzene rings is 1. The summed E-state index contributed by atoms with van der Waals surface area (Å²) in [6, 6.07) is 6.87. The van der Waals surface area contributed by atoms with Gasteiger partial charge >= 0.3 is 6.03 Å². The van der Waals surface area contributed by atoms with E-state index in [0.717, 1.165) is 11.3 Å². The summed E-state index contributed by atoms with van der Waals surface area (Å²) in [4.78, 5) is 12.2. The summed E-state index contributed by atoms with van der Waals surface area (Å²) in [6.45, 7) is 0.101. The van der Waals surface area contributed by atoms with Crippen LogP contribution in [0.1, 0.15) is 5.56 Å². The number of aliphatic hydroxyl groups is 1. The summed E-state index contributed by atoms with van der Waals surface area (Å²) in [5.74, 6) is 0. The molecule has 1 aromatic rings. The third-order valence-electron chi connectivity index (χ3n) is 2.03. The van der Waals surface area contributed by atoms with Crippen molar-refractivity contribution in [3.05, 3.63) is 29.8 Å². The molecule has 14 heavy (non-hydrogen) atoms. The van der Waals surface area contributed by atoms with Gasteiger partial charge in [0.25, 0.3) is 0 Å². The maximum absolute atomic E-state index is 10.9. The predicted octanol–water partition coefficient (Wildman–Crippen LogP) is 0.736. The highest BCUT2D eigenvalue weighted by Crippen LogP contribution is 2.14. The smallest absolute Gasteiger partial charge is 0.318 e. The van der Waals surface area contributed by atoms with E-state index in [0.29, 0.717) is 6.42 Å². The minimum absolute atomic E-state index is 0.101.